The lowest BCUT2D eigenvalue weighted by Gasteiger charge is -2.18. The molecule has 6 heteroatoms. The van der Waals surface area contributed by atoms with E-state index in [0.29, 0.717) is 25.7 Å². The van der Waals surface area contributed by atoms with Gasteiger partial charge in [0.1, 0.15) is 13.2 Å². The number of ether oxygens (including phenoxy) is 3. The van der Waals surface area contributed by atoms with Gasteiger partial charge in [-0.05, 0) is 77.0 Å². The maximum absolute atomic E-state index is 12.8. The molecule has 0 aromatic heterocycles. The Bertz CT molecular complexity index is 1140. The average Bonchev–Trinajstić information content (AvgIpc) is 3.30. The van der Waals surface area contributed by atoms with Gasteiger partial charge in [-0.1, -0.05) is 243 Å². The molecule has 0 aliphatic heterocycles. The van der Waals surface area contributed by atoms with Crippen LogP contribution in [0.2, 0.25) is 0 Å². The van der Waals surface area contributed by atoms with E-state index in [0.717, 1.165) is 57.8 Å². The summed E-state index contributed by atoms with van der Waals surface area (Å²) in [5.41, 5.74) is 0. The van der Waals surface area contributed by atoms with Gasteiger partial charge < -0.3 is 14.2 Å². The molecule has 0 saturated carbocycles. The van der Waals surface area contributed by atoms with Crippen molar-refractivity contribution < 1.29 is 28.6 Å². The number of hydrogen-bond acceptors (Lipinski definition) is 6. The number of rotatable bonds is 51. The highest BCUT2D eigenvalue weighted by atomic mass is 16.6. The van der Waals surface area contributed by atoms with Crippen molar-refractivity contribution in [3.63, 3.8) is 0 Å². The van der Waals surface area contributed by atoms with Crippen LogP contribution < -0.4 is 0 Å². The molecule has 6 nitrogen and oxygen atoms in total. The normalized spacial score (nSPS) is 12.4. The molecule has 1 atom stereocenters. The fraction of sp³-hybridized carbons (Fsp3) is 0.814. The third-order valence-corrected chi connectivity index (χ3v) is 12.3. The summed E-state index contributed by atoms with van der Waals surface area (Å²) in [5.74, 6) is -0.933. The summed E-state index contributed by atoms with van der Waals surface area (Å²) >= 11 is 0. The SMILES string of the molecule is CCCCCCCC/C=C\C/C=C\C/C=C\CCCC(=O)OC[C@H](COC(=O)CCCCCCCCCCCCC)OC(=O)CCCCCCCCCCC/C=C\CCCCCCCC. The Morgan fingerprint density at radius 2 is 0.569 bits per heavy atom. The van der Waals surface area contributed by atoms with E-state index < -0.39 is 6.10 Å². The van der Waals surface area contributed by atoms with Gasteiger partial charge in [-0.2, -0.15) is 0 Å². The van der Waals surface area contributed by atoms with Crippen LogP contribution in [-0.2, 0) is 28.6 Å². The van der Waals surface area contributed by atoms with E-state index in [1.54, 1.807) is 0 Å². The van der Waals surface area contributed by atoms with Gasteiger partial charge in [0.2, 0.25) is 0 Å². The quantitative estimate of drug-likeness (QED) is 0.0262. The molecule has 0 N–H and O–H groups in total. The van der Waals surface area contributed by atoms with Crippen molar-refractivity contribution in [1.82, 2.24) is 0 Å². The predicted octanol–water partition coefficient (Wildman–Crippen LogP) is 18.7. The van der Waals surface area contributed by atoms with Gasteiger partial charge in [0.05, 0.1) is 0 Å². The third-order valence-electron chi connectivity index (χ3n) is 12.3. The lowest BCUT2D eigenvalue weighted by Crippen LogP contribution is -2.30. The molecule has 0 fully saturated rings. The fourth-order valence-electron chi connectivity index (χ4n) is 8.04. The first-order valence-electron chi connectivity index (χ1n) is 28.1. The fourth-order valence-corrected chi connectivity index (χ4v) is 8.04. The van der Waals surface area contributed by atoms with Crippen LogP contribution in [0.1, 0.15) is 290 Å². The summed E-state index contributed by atoms with van der Waals surface area (Å²) in [6.07, 6.45) is 65.3. The van der Waals surface area contributed by atoms with Crippen LogP contribution in [0.5, 0.6) is 0 Å². The van der Waals surface area contributed by atoms with Gasteiger partial charge in [-0.15, -0.1) is 0 Å². The molecule has 0 radical (unpaired) electrons. The van der Waals surface area contributed by atoms with E-state index in [2.05, 4.69) is 69.4 Å². The molecule has 0 unspecified atom stereocenters. The topological polar surface area (TPSA) is 78.9 Å². The molecule has 65 heavy (non-hydrogen) atoms. The van der Waals surface area contributed by atoms with Crippen molar-refractivity contribution in [2.45, 2.75) is 297 Å². The highest BCUT2D eigenvalue weighted by Gasteiger charge is 2.19. The zero-order valence-electron chi connectivity index (χ0n) is 43.3. The van der Waals surface area contributed by atoms with Gasteiger partial charge in [0.15, 0.2) is 6.10 Å². The number of esters is 3. The second-order valence-corrected chi connectivity index (χ2v) is 18.8. The molecular formula is C59H106O6. The van der Waals surface area contributed by atoms with Gasteiger partial charge in [0.25, 0.3) is 0 Å². The first-order valence-corrected chi connectivity index (χ1v) is 28.1. The molecule has 0 aromatic rings. The Balaban J connectivity index is 4.39. The highest BCUT2D eigenvalue weighted by molar-refractivity contribution is 5.71. The summed E-state index contributed by atoms with van der Waals surface area (Å²) in [6.45, 7) is 6.60. The van der Waals surface area contributed by atoms with Crippen molar-refractivity contribution in [3.8, 4) is 0 Å². The van der Waals surface area contributed by atoms with Crippen LogP contribution in [0, 0.1) is 0 Å². The van der Waals surface area contributed by atoms with Crippen molar-refractivity contribution in [2.75, 3.05) is 13.2 Å². The van der Waals surface area contributed by atoms with Crippen molar-refractivity contribution in [3.05, 3.63) is 48.6 Å². The number of hydrogen-bond donors (Lipinski definition) is 0. The van der Waals surface area contributed by atoms with Gasteiger partial charge in [-0.25, -0.2) is 0 Å². The number of unbranched alkanes of at least 4 members (excludes halogenated alkanes) is 32. The Morgan fingerprint density at radius 3 is 0.938 bits per heavy atom. The molecule has 0 aromatic carbocycles. The molecule has 0 saturated heterocycles. The van der Waals surface area contributed by atoms with Crippen molar-refractivity contribution in [1.29, 1.82) is 0 Å². The van der Waals surface area contributed by atoms with Crippen LogP contribution in [0.3, 0.4) is 0 Å². The van der Waals surface area contributed by atoms with Crippen LogP contribution >= 0.6 is 0 Å². The van der Waals surface area contributed by atoms with Crippen LogP contribution in [0.15, 0.2) is 48.6 Å². The van der Waals surface area contributed by atoms with Gasteiger partial charge >= 0.3 is 17.9 Å². The molecule has 0 spiro atoms. The number of carbonyl (C=O) groups is 3. The first-order chi connectivity index (χ1) is 32.0. The lowest BCUT2D eigenvalue weighted by atomic mass is 10.1. The van der Waals surface area contributed by atoms with Crippen molar-refractivity contribution >= 4 is 17.9 Å². The molecule has 0 amide bonds. The van der Waals surface area contributed by atoms with Gasteiger partial charge in [0, 0.05) is 19.3 Å². The summed E-state index contributed by atoms with van der Waals surface area (Å²) in [6, 6.07) is 0. The monoisotopic (exact) mass is 911 g/mol. The summed E-state index contributed by atoms with van der Waals surface area (Å²) in [5, 5.41) is 0. The molecule has 378 valence electrons. The Kier molecular flexibility index (Phi) is 51.8. The number of allylic oxidation sites excluding steroid dienone is 8. The maximum atomic E-state index is 12.8. The van der Waals surface area contributed by atoms with Crippen LogP contribution in [-0.4, -0.2) is 37.2 Å². The minimum atomic E-state index is -0.791. The van der Waals surface area contributed by atoms with Crippen molar-refractivity contribution in [2.24, 2.45) is 0 Å². The molecule has 0 heterocycles. The zero-order valence-corrected chi connectivity index (χ0v) is 43.3. The molecule has 0 aliphatic carbocycles. The Labute approximate surface area is 403 Å². The lowest BCUT2D eigenvalue weighted by molar-refractivity contribution is -0.167. The zero-order chi connectivity index (χ0) is 47.2. The average molecular weight is 911 g/mol. The molecule has 0 bridgehead atoms. The minimum Gasteiger partial charge on any atom is -0.462 e. The minimum absolute atomic E-state index is 0.0868. The molecule has 0 aliphatic rings. The largest absolute Gasteiger partial charge is 0.462 e. The summed E-state index contributed by atoms with van der Waals surface area (Å²) in [7, 11) is 0. The van der Waals surface area contributed by atoms with E-state index in [1.165, 1.54) is 186 Å². The maximum Gasteiger partial charge on any atom is 0.306 e. The molecule has 0 rings (SSSR count). The molecular weight excluding hydrogens is 805 g/mol. The van der Waals surface area contributed by atoms with Crippen LogP contribution in [0.25, 0.3) is 0 Å². The summed E-state index contributed by atoms with van der Waals surface area (Å²) in [4.78, 5) is 38.0. The number of carbonyl (C=O) groups excluding carboxylic acids is 3. The van der Waals surface area contributed by atoms with E-state index in [4.69, 9.17) is 14.2 Å². The Hall–Kier alpha value is -2.63. The van der Waals surface area contributed by atoms with E-state index in [-0.39, 0.29) is 31.1 Å². The third kappa shape index (κ3) is 52.2. The smallest absolute Gasteiger partial charge is 0.306 e. The first kappa shape index (κ1) is 62.4. The Morgan fingerprint density at radius 1 is 0.308 bits per heavy atom. The highest BCUT2D eigenvalue weighted by Crippen LogP contribution is 2.15. The second-order valence-electron chi connectivity index (χ2n) is 18.8. The van der Waals surface area contributed by atoms with Gasteiger partial charge in [-0.3, -0.25) is 14.4 Å². The standard InChI is InChI=1S/C59H106O6/c1-4-7-10-13-16-19-22-24-26-28-29-31-33-35-38-41-44-47-50-53-59(62)65-56(54-63-57(60)51-48-45-42-39-36-21-18-15-12-9-6-3)55-64-58(61)52-49-46-43-40-37-34-32-30-27-25-23-20-17-14-11-8-5-2/h24-27,32,34,40,43,56H,4-23,28-31,33,35-39,41-42,44-55H2,1-3H3/b26-24-,27-25-,34-32-,43-40-/t56-/m0/s1. The second kappa shape index (κ2) is 54.0. The van der Waals surface area contributed by atoms with Crippen LogP contribution in [0.4, 0.5) is 0 Å². The summed E-state index contributed by atoms with van der Waals surface area (Å²) < 4.78 is 16.8. The van der Waals surface area contributed by atoms with E-state index in [1.807, 2.05) is 0 Å². The van der Waals surface area contributed by atoms with E-state index >= 15 is 0 Å². The predicted molar refractivity (Wildman–Crippen MR) is 279 cm³/mol. The van der Waals surface area contributed by atoms with E-state index in [9.17, 15) is 14.4 Å².